The van der Waals surface area contributed by atoms with E-state index in [1.807, 2.05) is 31.3 Å². The molecule has 1 aliphatic heterocycles. The zero-order valence-electron chi connectivity index (χ0n) is 13.5. The Morgan fingerprint density at radius 3 is 2.48 bits per heavy atom. The smallest absolute Gasteiger partial charge is 0.101 e. The molecule has 1 unspecified atom stereocenters. The molecule has 0 N–H and O–H groups in total. The second kappa shape index (κ2) is 6.92. The molecule has 0 saturated carbocycles. The molecule has 0 amide bonds. The zero-order valence-corrected chi connectivity index (χ0v) is 14.3. The van der Waals surface area contributed by atoms with Gasteiger partial charge in [0.2, 0.25) is 0 Å². The lowest BCUT2D eigenvalue weighted by Crippen LogP contribution is -1.95. The van der Waals surface area contributed by atoms with Gasteiger partial charge in [0, 0.05) is 16.0 Å². The molecule has 0 fully saturated rings. The molecule has 0 saturated heterocycles. The van der Waals surface area contributed by atoms with Crippen LogP contribution in [-0.2, 0) is 0 Å². The van der Waals surface area contributed by atoms with E-state index in [1.54, 1.807) is 11.8 Å². The Labute approximate surface area is 141 Å². The highest BCUT2D eigenvalue weighted by Crippen LogP contribution is 2.40. The molecule has 1 heterocycles. The topological polar surface area (TPSA) is 37.1 Å². The van der Waals surface area contributed by atoms with Gasteiger partial charge < -0.3 is 0 Å². The highest BCUT2D eigenvalue weighted by molar-refractivity contribution is 8.03. The number of para-hydroxylation sites is 1. The normalized spacial score (nSPS) is 17.4. The van der Waals surface area contributed by atoms with Crippen LogP contribution < -0.4 is 0 Å². The van der Waals surface area contributed by atoms with Crippen molar-refractivity contribution in [3.8, 4) is 0 Å². The van der Waals surface area contributed by atoms with E-state index in [0.29, 0.717) is 0 Å². The molecule has 0 aliphatic carbocycles. The van der Waals surface area contributed by atoms with Crippen molar-refractivity contribution in [2.45, 2.75) is 31.7 Å². The molecule has 0 aromatic heterocycles. The molecule has 1 atom stereocenters. The number of benzene rings is 2. The Morgan fingerprint density at radius 2 is 1.78 bits per heavy atom. The maximum atomic E-state index is 4.67. The van der Waals surface area contributed by atoms with Gasteiger partial charge in [-0.15, -0.1) is 0 Å². The first-order valence-corrected chi connectivity index (χ1v) is 8.44. The fourth-order valence-electron chi connectivity index (χ4n) is 2.30. The predicted octanol–water partition coefficient (Wildman–Crippen LogP) is 5.92. The Kier molecular flexibility index (Phi) is 4.72. The molecular formula is C19H19N3S. The third-order valence-corrected chi connectivity index (χ3v) is 5.05. The number of allylic oxidation sites excluding steroid dienone is 1. The number of azo groups is 1. The van der Waals surface area contributed by atoms with Crippen LogP contribution in [0, 0.1) is 6.92 Å². The lowest BCUT2D eigenvalue weighted by atomic mass is 10.2. The van der Waals surface area contributed by atoms with E-state index in [-0.39, 0.29) is 6.04 Å². The standard InChI is InChI=1S/C19H19N3S/c1-13-8-10-16(11-9-13)12-20-17-6-4-5-7-18(17)23-19-14(2)21-22-15(19)3/h4-12,14H,1-3H3. The van der Waals surface area contributed by atoms with E-state index in [1.165, 1.54) is 10.5 Å². The Hall–Kier alpha value is -2.20. The number of nitrogens with zero attached hydrogens (tertiary/aromatic N) is 3. The summed E-state index contributed by atoms with van der Waals surface area (Å²) in [6, 6.07) is 16.7. The third-order valence-electron chi connectivity index (χ3n) is 3.63. The lowest BCUT2D eigenvalue weighted by Gasteiger charge is -2.09. The van der Waals surface area contributed by atoms with E-state index in [2.05, 4.69) is 59.4 Å². The Morgan fingerprint density at radius 1 is 1.04 bits per heavy atom. The molecule has 0 radical (unpaired) electrons. The average Bonchev–Trinajstić information content (AvgIpc) is 2.87. The molecular weight excluding hydrogens is 302 g/mol. The average molecular weight is 321 g/mol. The van der Waals surface area contributed by atoms with Crippen molar-refractivity contribution < 1.29 is 0 Å². The SMILES string of the molecule is CC1=C(Sc2ccccc2N=Cc2ccc(C)cc2)C(C)N=N1. The first-order chi connectivity index (χ1) is 11.1. The van der Waals surface area contributed by atoms with Crippen molar-refractivity contribution in [1.82, 2.24) is 0 Å². The summed E-state index contributed by atoms with van der Waals surface area (Å²) in [5.41, 5.74) is 4.32. The second-order valence-electron chi connectivity index (χ2n) is 5.58. The van der Waals surface area contributed by atoms with Crippen molar-refractivity contribution in [2.75, 3.05) is 0 Å². The van der Waals surface area contributed by atoms with Crippen molar-refractivity contribution in [1.29, 1.82) is 0 Å². The van der Waals surface area contributed by atoms with Crippen LogP contribution in [0.4, 0.5) is 5.69 Å². The largest absolute Gasteiger partial charge is 0.255 e. The van der Waals surface area contributed by atoms with Crippen LogP contribution in [0.25, 0.3) is 0 Å². The molecule has 1 aliphatic rings. The summed E-state index contributed by atoms with van der Waals surface area (Å²) in [5.74, 6) is 0. The van der Waals surface area contributed by atoms with Crippen LogP contribution in [-0.4, -0.2) is 12.3 Å². The highest BCUT2D eigenvalue weighted by Gasteiger charge is 2.19. The van der Waals surface area contributed by atoms with Crippen LogP contribution in [0.5, 0.6) is 0 Å². The van der Waals surface area contributed by atoms with Crippen molar-refractivity contribution >= 4 is 23.7 Å². The van der Waals surface area contributed by atoms with Gasteiger partial charge in [-0.05, 0) is 38.5 Å². The van der Waals surface area contributed by atoms with Crippen LogP contribution in [0.1, 0.15) is 25.0 Å². The van der Waals surface area contributed by atoms with Crippen LogP contribution >= 0.6 is 11.8 Å². The number of rotatable bonds is 4. The summed E-state index contributed by atoms with van der Waals surface area (Å²) in [6.07, 6.45) is 1.91. The summed E-state index contributed by atoms with van der Waals surface area (Å²) >= 11 is 1.71. The molecule has 4 heteroatoms. The summed E-state index contributed by atoms with van der Waals surface area (Å²) in [4.78, 5) is 6.99. The van der Waals surface area contributed by atoms with Gasteiger partial charge >= 0.3 is 0 Å². The quantitative estimate of drug-likeness (QED) is 0.644. The third kappa shape index (κ3) is 3.77. The lowest BCUT2D eigenvalue weighted by molar-refractivity contribution is 0.883. The number of hydrogen-bond acceptors (Lipinski definition) is 4. The van der Waals surface area contributed by atoms with Gasteiger partial charge in [-0.3, -0.25) is 4.99 Å². The molecule has 2 aromatic carbocycles. The number of aliphatic imine (C=N–C) groups is 1. The van der Waals surface area contributed by atoms with E-state index in [4.69, 9.17) is 0 Å². The molecule has 23 heavy (non-hydrogen) atoms. The Bertz CT molecular complexity index is 789. The van der Waals surface area contributed by atoms with Gasteiger partial charge in [0.1, 0.15) is 6.04 Å². The van der Waals surface area contributed by atoms with Crippen LogP contribution in [0.15, 0.2) is 79.2 Å². The molecule has 3 nitrogen and oxygen atoms in total. The minimum Gasteiger partial charge on any atom is -0.255 e. The summed E-state index contributed by atoms with van der Waals surface area (Å²) in [6.45, 7) is 6.16. The van der Waals surface area contributed by atoms with Crippen molar-refractivity contribution in [3.63, 3.8) is 0 Å². The van der Waals surface area contributed by atoms with Crippen LogP contribution in [0.3, 0.4) is 0 Å². The molecule has 3 rings (SSSR count). The van der Waals surface area contributed by atoms with Gasteiger partial charge in [0.25, 0.3) is 0 Å². The molecule has 2 aromatic rings. The first-order valence-electron chi connectivity index (χ1n) is 7.63. The maximum Gasteiger partial charge on any atom is 0.101 e. The highest BCUT2D eigenvalue weighted by atomic mass is 32.2. The summed E-state index contributed by atoms with van der Waals surface area (Å²) in [5, 5.41) is 8.39. The van der Waals surface area contributed by atoms with Gasteiger partial charge in [0.05, 0.1) is 11.4 Å². The fourth-order valence-corrected chi connectivity index (χ4v) is 3.32. The van der Waals surface area contributed by atoms with Gasteiger partial charge in [-0.25, -0.2) is 0 Å². The zero-order chi connectivity index (χ0) is 16.2. The predicted molar refractivity (Wildman–Crippen MR) is 97.8 cm³/mol. The van der Waals surface area contributed by atoms with Crippen LogP contribution in [0.2, 0.25) is 0 Å². The number of hydrogen-bond donors (Lipinski definition) is 0. The Balaban J connectivity index is 1.84. The van der Waals surface area contributed by atoms with E-state index in [0.717, 1.165) is 21.8 Å². The minimum atomic E-state index is 0.133. The second-order valence-corrected chi connectivity index (χ2v) is 6.66. The number of thioether (sulfide) groups is 1. The van der Waals surface area contributed by atoms with Gasteiger partial charge in [-0.2, -0.15) is 10.2 Å². The van der Waals surface area contributed by atoms with E-state index < -0.39 is 0 Å². The van der Waals surface area contributed by atoms with Crippen molar-refractivity contribution in [3.05, 3.63) is 70.3 Å². The van der Waals surface area contributed by atoms with Gasteiger partial charge in [0.15, 0.2) is 0 Å². The minimum absolute atomic E-state index is 0.133. The summed E-state index contributed by atoms with van der Waals surface area (Å²) < 4.78 is 0. The maximum absolute atomic E-state index is 4.67. The van der Waals surface area contributed by atoms with E-state index in [9.17, 15) is 0 Å². The number of aryl methyl sites for hydroxylation is 1. The monoisotopic (exact) mass is 321 g/mol. The first kappa shape index (κ1) is 15.7. The fraction of sp³-hybridized carbons (Fsp3) is 0.211. The molecule has 0 spiro atoms. The molecule has 116 valence electrons. The van der Waals surface area contributed by atoms with Crippen molar-refractivity contribution in [2.24, 2.45) is 15.2 Å². The van der Waals surface area contributed by atoms with Gasteiger partial charge in [-0.1, -0.05) is 53.7 Å². The molecule has 0 bridgehead atoms. The summed E-state index contributed by atoms with van der Waals surface area (Å²) in [7, 11) is 0. The van der Waals surface area contributed by atoms with E-state index >= 15 is 0 Å².